The Morgan fingerprint density at radius 3 is 2.00 bits per heavy atom. The molecule has 1 aromatic heterocycles. The van der Waals surface area contributed by atoms with Crippen molar-refractivity contribution in [2.75, 3.05) is 29.6 Å². The molecule has 0 fully saturated rings. The predicted octanol–water partition coefficient (Wildman–Crippen LogP) is 5.16. The van der Waals surface area contributed by atoms with Crippen molar-refractivity contribution in [1.82, 2.24) is 0 Å². The zero-order valence-electron chi connectivity index (χ0n) is 21.1. The predicted molar refractivity (Wildman–Crippen MR) is 149 cm³/mol. The Labute approximate surface area is 225 Å². The lowest BCUT2D eigenvalue weighted by atomic mass is 10.1. The molecule has 0 unspecified atom stereocenters. The highest BCUT2D eigenvalue weighted by Crippen LogP contribution is 2.34. The number of esters is 2. The fraction of sp³-hybridized carbons (Fsp3) is 0.240. The molecule has 0 atom stereocenters. The van der Waals surface area contributed by atoms with Crippen LogP contribution in [0.4, 0.5) is 16.4 Å². The minimum absolute atomic E-state index is 0.0841. The molecule has 3 N–H and O–H groups in total. The topological polar surface area (TPSA) is 123 Å². The Morgan fingerprint density at radius 2 is 1.46 bits per heavy atom. The summed E-state index contributed by atoms with van der Waals surface area (Å²) in [4.78, 5) is 24.7. The van der Waals surface area contributed by atoms with E-state index in [2.05, 4.69) is 15.4 Å². The van der Waals surface area contributed by atoms with Gasteiger partial charge in [0.2, 0.25) is 0 Å². The van der Waals surface area contributed by atoms with Crippen molar-refractivity contribution in [3.8, 4) is 0 Å². The van der Waals surface area contributed by atoms with Crippen molar-refractivity contribution >= 4 is 67.0 Å². The number of rotatable bonds is 7. The summed E-state index contributed by atoms with van der Waals surface area (Å²) >= 11 is 6.37. The van der Waals surface area contributed by atoms with Gasteiger partial charge in [0, 0.05) is 5.69 Å². The number of anilines is 3. The van der Waals surface area contributed by atoms with Crippen LogP contribution in [0.5, 0.6) is 0 Å². The first kappa shape index (κ1) is 28.1. The zero-order valence-corrected chi connectivity index (χ0v) is 23.6. The minimum atomic E-state index is -3.82. The van der Waals surface area contributed by atoms with Gasteiger partial charge in [0.1, 0.15) is 9.88 Å². The van der Waals surface area contributed by atoms with E-state index in [1.807, 2.05) is 32.9 Å². The summed E-state index contributed by atoms with van der Waals surface area (Å²) in [5, 5.41) is 6.29. The normalized spacial score (nSPS) is 11.0. The molecular formula is C25H27N3O6S3. The molecule has 0 radical (unpaired) electrons. The van der Waals surface area contributed by atoms with Gasteiger partial charge in [-0.2, -0.15) is 0 Å². The number of thiophene rings is 1. The third-order valence-corrected chi connectivity index (χ3v) is 8.23. The average Bonchev–Trinajstić information content (AvgIpc) is 3.16. The van der Waals surface area contributed by atoms with Crippen molar-refractivity contribution in [1.29, 1.82) is 0 Å². The largest absolute Gasteiger partial charge is 0.465 e. The van der Waals surface area contributed by atoms with Crippen molar-refractivity contribution in [3.05, 3.63) is 69.1 Å². The molecule has 12 heteroatoms. The number of ether oxygens (including phenoxy) is 2. The molecule has 0 aliphatic heterocycles. The highest BCUT2D eigenvalue weighted by molar-refractivity contribution is 7.92. The molecule has 0 amide bonds. The Morgan fingerprint density at radius 1 is 0.892 bits per heavy atom. The van der Waals surface area contributed by atoms with Gasteiger partial charge in [-0.05, 0) is 80.9 Å². The quantitative estimate of drug-likeness (QED) is 0.265. The van der Waals surface area contributed by atoms with Crippen molar-refractivity contribution in [2.45, 2.75) is 32.6 Å². The van der Waals surface area contributed by atoms with Crippen LogP contribution in [0.25, 0.3) is 0 Å². The Bertz CT molecular complexity index is 1460. The smallest absolute Gasteiger partial charge is 0.348 e. The van der Waals surface area contributed by atoms with Gasteiger partial charge in [0.05, 0.1) is 30.4 Å². The molecule has 196 valence electrons. The highest BCUT2D eigenvalue weighted by Gasteiger charge is 2.26. The molecular weight excluding hydrogens is 534 g/mol. The van der Waals surface area contributed by atoms with Crippen LogP contribution < -0.4 is 15.4 Å². The Balaban J connectivity index is 1.77. The number of methoxy groups -OCH3 is 2. The average molecular weight is 562 g/mol. The lowest BCUT2D eigenvalue weighted by molar-refractivity contribution is 0.0601. The van der Waals surface area contributed by atoms with Crippen molar-refractivity contribution < 1.29 is 27.5 Å². The van der Waals surface area contributed by atoms with Gasteiger partial charge < -0.3 is 20.1 Å². The highest BCUT2D eigenvalue weighted by atomic mass is 32.2. The third-order valence-electron chi connectivity index (χ3n) is 5.47. The molecule has 37 heavy (non-hydrogen) atoms. The lowest BCUT2D eigenvalue weighted by Gasteiger charge is -2.15. The van der Waals surface area contributed by atoms with Gasteiger partial charge in [0.25, 0.3) is 10.0 Å². The van der Waals surface area contributed by atoms with Crippen LogP contribution in [0, 0.1) is 27.7 Å². The number of hydrogen-bond donors (Lipinski definition) is 3. The van der Waals surface area contributed by atoms with Gasteiger partial charge in [-0.25, -0.2) is 18.0 Å². The van der Waals surface area contributed by atoms with E-state index >= 15 is 0 Å². The van der Waals surface area contributed by atoms with E-state index in [-0.39, 0.29) is 20.4 Å². The number of nitrogens with one attached hydrogen (secondary N) is 3. The first-order chi connectivity index (χ1) is 17.4. The van der Waals surface area contributed by atoms with E-state index in [9.17, 15) is 18.0 Å². The van der Waals surface area contributed by atoms with Crippen LogP contribution in [0.1, 0.15) is 42.3 Å². The van der Waals surface area contributed by atoms with Crippen LogP contribution in [0.2, 0.25) is 0 Å². The molecule has 3 rings (SSSR count). The number of carbonyl (C=O) groups excluding carboxylic acids is 2. The number of aryl methyl sites for hydroxylation is 3. The van der Waals surface area contributed by atoms with Gasteiger partial charge in [-0.15, -0.1) is 11.3 Å². The van der Waals surface area contributed by atoms with Gasteiger partial charge in [0.15, 0.2) is 5.11 Å². The van der Waals surface area contributed by atoms with E-state index in [0.717, 1.165) is 28.0 Å². The van der Waals surface area contributed by atoms with Gasteiger partial charge >= 0.3 is 11.9 Å². The first-order valence-corrected chi connectivity index (χ1v) is 13.7. The maximum Gasteiger partial charge on any atom is 0.348 e. The number of hydrogen-bond acceptors (Lipinski definition) is 8. The summed E-state index contributed by atoms with van der Waals surface area (Å²) in [7, 11) is -1.32. The molecule has 9 nitrogen and oxygen atoms in total. The second-order valence-corrected chi connectivity index (χ2v) is 11.3. The van der Waals surface area contributed by atoms with Crippen LogP contribution in [0.15, 0.2) is 41.3 Å². The maximum atomic E-state index is 13.0. The summed E-state index contributed by atoms with van der Waals surface area (Å²) in [6.07, 6.45) is 0. The van der Waals surface area contributed by atoms with Crippen LogP contribution in [-0.4, -0.2) is 39.7 Å². The maximum absolute atomic E-state index is 13.0. The van der Waals surface area contributed by atoms with E-state index in [4.69, 9.17) is 21.7 Å². The van der Waals surface area contributed by atoms with Gasteiger partial charge in [-0.3, -0.25) is 4.72 Å². The third kappa shape index (κ3) is 6.27. The summed E-state index contributed by atoms with van der Waals surface area (Å²) in [6, 6.07) is 9.88. The molecule has 0 spiro atoms. The Hall–Kier alpha value is -3.48. The van der Waals surface area contributed by atoms with E-state index < -0.39 is 22.0 Å². The van der Waals surface area contributed by atoms with E-state index in [0.29, 0.717) is 21.9 Å². The molecule has 0 aliphatic rings. The number of benzene rings is 2. The monoisotopic (exact) mass is 561 g/mol. The SMILES string of the molecule is COC(=O)c1sc(NC(=S)Nc2ccc(S(=O)(=O)Nc3c(C)cc(C)cc3C)cc2)c(C(=O)OC)c1C. The lowest BCUT2D eigenvalue weighted by Crippen LogP contribution is -2.20. The number of carbonyl (C=O) groups is 2. The summed E-state index contributed by atoms with van der Waals surface area (Å²) in [5.41, 5.74) is 4.37. The summed E-state index contributed by atoms with van der Waals surface area (Å²) in [5.74, 6) is -1.21. The fourth-order valence-corrected chi connectivity index (χ4v) is 6.36. The standard InChI is InChI=1S/C25H27N3O6S3/c1-13-11-14(2)20(15(3)12-13)28-37(31,32)18-9-7-17(8-10-18)26-25(35)27-22-19(23(29)33-5)16(4)21(36-22)24(30)34-6/h7-12,28H,1-6H3,(H2,26,27,35). The van der Waals surface area contributed by atoms with E-state index in [1.165, 1.54) is 26.4 Å². The molecule has 3 aromatic rings. The number of thiocarbonyl (C=S) groups is 1. The van der Waals surface area contributed by atoms with Crippen molar-refractivity contribution in [2.24, 2.45) is 0 Å². The summed E-state index contributed by atoms with van der Waals surface area (Å²) in [6.45, 7) is 7.28. The van der Waals surface area contributed by atoms with E-state index in [1.54, 1.807) is 19.1 Å². The molecule has 0 saturated carbocycles. The van der Waals surface area contributed by atoms with Crippen molar-refractivity contribution in [3.63, 3.8) is 0 Å². The molecule has 0 bridgehead atoms. The first-order valence-electron chi connectivity index (χ1n) is 11.0. The molecule has 0 saturated heterocycles. The molecule has 1 heterocycles. The van der Waals surface area contributed by atoms with Crippen LogP contribution >= 0.6 is 23.6 Å². The van der Waals surface area contributed by atoms with Gasteiger partial charge in [-0.1, -0.05) is 17.7 Å². The molecule has 0 aliphatic carbocycles. The fourth-order valence-electron chi connectivity index (χ4n) is 3.75. The second kappa shape index (κ2) is 11.3. The molecule has 2 aromatic carbocycles. The van der Waals surface area contributed by atoms with Crippen LogP contribution in [0.3, 0.4) is 0 Å². The second-order valence-electron chi connectivity index (χ2n) is 8.23. The number of sulfonamides is 1. The van der Waals surface area contributed by atoms with Crippen LogP contribution in [-0.2, 0) is 19.5 Å². The Kier molecular flexibility index (Phi) is 8.57. The minimum Gasteiger partial charge on any atom is -0.465 e. The summed E-state index contributed by atoms with van der Waals surface area (Å²) < 4.78 is 38.2. The zero-order chi connectivity index (χ0) is 27.5.